The summed E-state index contributed by atoms with van der Waals surface area (Å²) in [5.41, 5.74) is 2.21. The number of nitrogens with zero attached hydrogens (tertiary/aromatic N) is 6. The molecule has 0 bridgehead atoms. The van der Waals surface area contributed by atoms with E-state index >= 15 is 0 Å². The first-order valence-electron chi connectivity index (χ1n) is 7.70. The zero-order valence-electron chi connectivity index (χ0n) is 14.2. The molecule has 1 saturated heterocycles. The van der Waals surface area contributed by atoms with Crippen LogP contribution in [-0.4, -0.2) is 57.2 Å². The van der Waals surface area contributed by atoms with E-state index in [1.165, 1.54) is 0 Å². The second-order valence-corrected chi connectivity index (χ2v) is 5.60. The molecule has 0 amide bonds. The summed E-state index contributed by atoms with van der Waals surface area (Å²) in [5.74, 6) is 0.878. The molecule has 132 valence electrons. The van der Waals surface area contributed by atoms with Crippen LogP contribution in [0.3, 0.4) is 0 Å². The monoisotopic (exact) mass is 445 g/mol. The van der Waals surface area contributed by atoms with Crippen molar-refractivity contribution in [3.8, 4) is 0 Å². The van der Waals surface area contributed by atoms with Gasteiger partial charge in [0.1, 0.15) is 6.10 Å². The maximum atomic E-state index is 5.88. The topological polar surface area (TPSA) is 72.5 Å². The van der Waals surface area contributed by atoms with Crippen molar-refractivity contribution < 1.29 is 4.74 Å². The van der Waals surface area contributed by atoms with Gasteiger partial charge in [-0.05, 0) is 6.07 Å². The number of aromatic nitrogens is 4. The first-order valence-corrected chi connectivity index (χ1v) is 7.70. The summed E-state index contributed by atoms with van der Waals surface area (Å²) in [6.45, 7) is 2.95. The number of nitrogens with one attached hydrogen (secondary N) is 1. The van der Waals surface area contributed by atoms with Gasteiger partial charge in [-0.3, -0.25) is 14.4 Å². The molecule has 0 saturated carbocycles. The molecule has 1 unspecified atom stereocenters. The Hall–Kier alpha value is -1.62. The van der Waals surface area contributed by atoms with Crippen molar-refractivity contribution in [1.29, 1.82) is 0 Å². The fourth-order valence-electron chi connectivity index (χ4n) is 2.73. The number of rotatable bonds is 3. The van der Waals surface area contributed by atoms with Gasteiger partial charge in [-0.1, -0.05) is 0 Å². The minimum absolute atomic E-state index is 0. The minimum Gasteiger partial charge on any atom is -0.370 e. The van der Waals surface area contributed by atoms with Crippen LogP contribution in [0, 0.1) is 0 Å². The maximum absolute atomic E-state index is 5.88. The van der Waals surface area contributed by atoms with Gasteiger partial charge >= 0.3 is 0 Å². The first-order chi connectivity index (χ1) is 11.2. The zero-order chi connectivity index (χ0) is 16.2. The lowest BCUT2D eigenvalue weighted by molar-refractivity contribution is -0.00806. The molecule has 1 atom stereocenters. The van der Waals surface area contributed by atoms with Crippen molar-refractivity contribution in [2.75, 3.05) is 26.7 Å². The molecule has 3 heterocycles. The van der Waals surface area contributed by atoms with E-state index in [9.17, 15) is 0 Å². The molecule has 0 spiro atoms. The zero-order valence-corrected chi connectivity index (χ0v) is 16.5. The summed E-state index contributed by atoms with van der Waals surface area (Å²) < 4.78 is 9.54. The van der Waals surface area contributed by atoms with Gasteiger partial charge < -0.3 is 15.0 Å². The van der Waals surface area contributed by atoms with Gasteiger partial charge in [0.2, 0.25) is 0 Å². The molecule has 2 aromatic rings. The molecule has 1 fully saturated rings. The van der Waals surface area contributed by atoms with Crippen molar-refractivity contribution in [1.82, 2.24) is 29.8 Å². The highest BCUT2D eigenvalue weighted by atomic mass is 127. The summed E-state index contributed by atoms with van der Waals surface area (Å²) in [5, 5.41) is 11.8. The van der Waals surface area contributed by atoms with E-state index in [1.807, 2.05) is 37.2 Å². The number of hydrogen-bond acceptors (Lipinski definition) is 4. The summed E-state index contributed by atoms with van der Waals surface area (Å²) in [6.07, 6.45) is 5.68. The highest BCUT2D eigenvalue weighted by molar-refractivity contribution is 14.0. The van der Waals surface area contributed by atoms with Crippen LogP contribution in [0.4, 0.5) is 0 Å². The largest absolute Gasteiger partial charge is 0.370 e. The third-order valence-electron chi connectivity index (χ3n) is 4.02. The molecular formula is C15H24IN7O. The lowest BCUT2D eigenvalue weighted by Crippen LogP contribution is -2.48. The standard InChI is InChI=1S/C15H23N7O.HI/c1-16-15(17-9-13-4-5-18-21(13)3)22-6-7-23-14(11-22)12-8-19-20(2)10-12;/h4-5,8,10,14H,6-7,9,11H2,1-3H3,(H,16,17);1H. The van der Waals surface area contributed by atoms with Crippen molar-refractivity contribution in [3.63, 3.8) is 0 Å². The Balaban J connectivity index is 0.00000208. The highest BCUT2D eigenvalue weighted by Gasteiger charge is 2.25. The lowest BCUT2D eigenvalue weighted by atomic mass is 10.1. The van der Waals surface area contributed by atoms with E-state index in [0.717, 1.165) is 30.3 Å². The number of guanidine groups is 1. The molecule has 2 aromatic heterocycles. The molecule has 1 N–H and O–H groups in total. The molecule has 8 nitrogen and oxygen atoms in total. The fourth-order valence-corrected chi connectivity index (χ4v) is 2.73. The number of aliphatic imine (C=N–C) groups is 1. The third kappa shape index (κ3) is 4.26. The smallest absolute Gasteiger partial charge is 0.194 e. The Bertz CT molecular complexity index is 681. The van der Waals surface area contributed by atoms with Crippen molar-refractivity contribution in [3.05, 3.63) is 35.9 Å². The van der Waals surface area contributed by atoms with E-state index < -0.39 is 0 Å². The van der Waals surface area contributed by atoms with E-state index in [2.05, 4.69) is 25.4 Å². The van der Waals surface area contributed by atoms with Crippen LogP contribution >= 0.6 is 24.0 Å². The normalized spacial score (nSPS) is 18.4. The Morgan fingerprint density at radius 3 is 2.88 bits per heavy atom. The van der Waals surface area contributed by atoms with Crippen LogP contribution in [0.25, 0.3) is 0 Å². The fraction of sp³-hybridized carbons (Fsp3) is 0.533. The number of hydrogen-bond donors (Lipinski definition) is 1. The van der Waals surface area contributed by atoms with E-state index in [0.29, 0.717) is 13.2 Å². The predicted molar refractivity (Wildman–Crippen MR) is 102 cm³/mol. The summed E-state index contributed by atoms with van der Waals surface area (Å²) >= 11 is 0. The molecule has 0 aliphatic carbocycles. The predicted octanol–water partition coefficient (Wildman–Crippen LogP) is 0.920. The molecule has 1 aliphatic rings. The maximum Gasteiger partial charge on any atom is 0.194 e. The van der Waals surface area contributed by atoms with Gasteiger partial charge in [-0.25, -0.2) is 0 Å². The second kappa shape index (κ2) is 8.47. The lowest BCUT2D eigenvalue weighted by Gasteiger charge is -2.34. The molecular weight excluding hydrogens is 421 g/mol. The van der Waals surface area contributed by atoms with Gasteiger partial charge in [0.05, 0.1) is 31.6 Å². The molecule has 9 heteroatoms. The molecule has 0 radical (unpaired) electrons. The number of aryl methyl sites for hydroxylation is 2. The number of ether oxygens (including phenoxy) is 1. The first kappa shape index (κ1) is 18.7. The van der Waals surface area contributed by atoms with Crippen LogP contribution in [0.1, 0.15) is 17.4 Å². The Kier molecular flexibility index (Phi) is 6.60. The summed E-state index contributed by atoms with van der Waals surface area (Å²) in [6, 6.07) is 2.00. The van der Waals surface area contributed by atoms with Gasteiger partial charge in [-0.2, -0.15) is 10.2 Å². The van der Waals surface area contributed by atoms with Gasteiger partial charge in [-0.15, -0.1) is 24.0 Å². The van der Waals surface area contributed by atoms with Crippen LogP contribution in [-0.2, 0) is 25.4 Å². The van der Waals surface area contributed by atoms with Crippen molar-refractivity contribution >= 4 is 29.9 Å². The van der Waals surface area contributed by atoms with Crippen LogP contribution in [0.15, 0.2) is 29.6 Å². The van der Waals surface area contributed by atoms with E-state index in [-0.39, 0.29) is 30.1 Å². The minimum atomic E-state index is 0. The van der Waals surface area contributed by atoms with E-state index in [4.69, 9.17) is 4.74 Å². The average Bonchev–Trinajstić information content (AvgIpc) is 3.17. The molecule has 3 rings (SSSR count). The van der Waals surface area contributed by atoms with E-state index in [1.54, 1.807) is 17.9 Å². The summed E-state index contributed by atoms with van der Waals surface area (Å²) in [7, 11) is 5.66. The molecule has 24 heavy (non-hydrogen) atoms. The van der Waals surface area contributed by atoms with Crippen molar-refractivity contribution in [2.24, 2.45) is 19.1 Å². The molecule has 0 aromatic carbocycles. The Labute approximate surface area is 158 Å². The SMILES string of the molecule is CN=C(NCc1ccnn1C)N1CCOC(c2cnn(C)c2)C1.I. The summed E-state index contributed by atoms with van der Waals surface area (Å²) in [4.78, 5) is 6.62. The van der Waals surface area contributed by atoms with Crippen LogP contribution in [0.2, 0.25) is 0 Å². The number of morpholine rings is 1. The highest BCUT2D eigenvalue weighted by Crippen LogP contribution is 2.21. The van der Waals surface area contributed by atoms with Crippen LogP contribution < -0.4 is 5.32 Å². The second-order valence-electron chi connectivity index (χ2n) is 5.60. The quantitative estimate of drug-likeness (QED) is 0.432. The van der Waals surface area contributed by atoms with Crippen LogP contribution in [0.5, 0.6) is 0 Å². The Morgan fingerprint density at radius 1 is 1.42 bits per heavy atom. The number of halogens is 1. The van der Waals surface area contributed by atoms with Gasteiger partial charge in [0.15, 0.2) is 5.96 Å². The molecule has 1 aliphatic heterocycles. The van der Waals surface area contributed by atoms with Gasteiger partial charge in [0.25, 0.3) is 0 Å². The van der Waals surface area contributed by atoms with Crippen molar-refractivity contribution in [2.45, 2.75) is 12.6 Å². The average molecular weight is 445 g/mol. The Morgan fingerprint density at radius 2 is 2.25 bits per heavy atom. The third-order valence-corrected chi connectivity index (χ3v) is 4.02. The van der Waals surface area contributed by atoms with Gasteiger partial charge in [0, 0.05) is 45.6 Å².